The number of aryl methyl sites for hydroxylation is 1. The number of pyridine rings is 1. The number of rotatable bonds is 2. The molecule has 0 saturated carbocycles. The van der Waals surface area contributed by atoms with Gasteiger partial charge in [0.25, 0.3) is 0 Å². The summed E-state index contributed by atoms with van der Waals surface area (Å²) < 4.78 is 2.94. The van der Waals surface area contributed by atoms with E-state index in [9.17, 15) is 5.26 Å². The van der Waals surface area contributed by atoms with Crippen LogP contribution in [0.25, 0.3) is 32.7 Å². The van der Waals surface area contributed by atoms with Crippen LogP contribution in [0.5, 0.6) is 0 Å². The third-order valence-corrected chi connectivity index (χ3v) is 4.57. The van der Waals surface area contributed by atoms with E-state index in [4.69, 9.17) is 4.98 Å². The molecule has 4 nitrogen and oxygen atoms in total. The summed E-state index contributed by atoms with van der Waals surface area (Å²) in [5.74, 6) is 0. The molecular weight excluding hydrogens is 352 g/mol. The van der Waals surface area contributed by atoms with Crippen LogP contribution >= 0.6 is 15.9 Å². The summed E-state index contributed by atoms with van der Waals surface area (Å²) in [4.78, 5) is 4.73. The third-order valence-electron chi connectivity index (χ3n) is 4.07. The fourth-order valence-corrected chi connectivity index (χ4v) is 3.43. The van der Waals surface area contributed by atoms with Gasteiger partial charge < -0.3 is 0 Å². The first-order valence-electron chi connectivity index (χ1n) is 7.50. The molecule has 0 aliphatic rings. The molecule has 0 bridgehead atoms. The number of hydrogen-bond donors (Lipinski definition) is 0. The van der Waals surface area contributed by atoms with Crippen LogP contribution in [0.2, 0.25) is 0 Å². The van der Waals surface area contributed by atoms with Gasteiger partial charge in [0.05, 0.1) is 28.3 Å². The Morgan fingerprint density at radius 1 is 1.17 bits per heavy atom. The highest BCUT2D eigenvalue weighted by Gasteiger charge is 2.14. The van der Waals surface area contributed by atoms with Gasteiger partial charge in [0.2, 0.25) is 0 Å². The van der Waals surface area contributed by atoms with Gasteiger partial charge in [0.15, 0.2) is 0 Å². The van der Waals surface area contributed by atoms with E-state index >= 15 is 0 Å². The number of halogens is 1. The van der Waals surface area contributed by atoms with Crippen LogP contribution in [-0.2, 0) is 6.54 Å². The van der Waals surface area contributed by atoms with E-state index in [1.807, 2.05) is 41.2 Å². The first kappa shape index (κ1) is 14.2. The van der Waals surface area contributed by atoms with Crippen molar-refractivity contribution < 1.29 is 0 Å². The fourth-order valence-electron chi connectivity index (χ4n) is 3.08. The molecule has 2 heterocycles. The summed E-state index contributed by atoms with van der Waals surface area (Å²) in [5, 5.41) is 17.0. The number of aromatic nitrogens is 3. The monoisotopic (exact) mass is 364 g/mol. The summed E-state index contributed by atoms with van der Waals surface area (Å²) in [7, 11) is 0. The van der Waals surface area contributed by atoms with Gasteiger partial charge in [-0.1, -0.05) is 28.9 Å². The van der Waals surface area contributed by atoms with Gasteiger partial charge in [-0.15, -0.1) is 0 Å². The molecule has 0 N–H and O–H groups in total. The summed E-state index contributed by atoms with van der Waals surface area (Å²) in [5.41, 5.74) is 3.37. The fraction of sp³-hybridized carbons (Fsp3) is 0.167. The Hall–Kier alpha value is -2.45. The van der Waals surface area contributed by atoms with Gasteiger partial charge in [-0.25, -0.2) is 4.98 Å². The highest BCUT2D eigenvalue weighted by atomic mass is 79.9. The van der Waals surface area contributed by atoms with E-state index in [0.29, 0.717) is 5.56 Å². The number of fused-ring (bicyclic) bond motifs is 4. The van der Waals surface area contributed by atoms with Crippen molar-refractivity contribution in [1.82, 2.24) is 14.8 Å². The summed E-state index contributed by atoms with van der Waals surface area (Å²) >= 11 is 3.47. The zero-order valence-corrected chi connectivity index (χ0v) is 14.1. The lowest BCUT2D eigenvalue weighted by molar-refractivity contribution is 0.622. The van der Waals surface area contributed by atoms with Gasteiger partial charge in [0, 0.05) is 27.2 Å². The second-order valence-electron chi connectivity index (χ2n) is 5.52. The minimum atomic E-state index is 0.666. The lowest BCUT2D eigenvalue weighted by Gasteiger charge is -2.07. The largest absolute Gasteiger partial charge is 0.265 e. The number of hydrogen-bond acceptors (Lipinski definition) is 3. The van der Waals surface area contributed by atoms with Gasteiger partial charge in [-0.2, -0.15) is 10.4 Å². The summed E-state index contributed by atoms with van der Waals surface area (Å²) in [6.45, 7) is 2.99. The number of nitriles is 1. The maximum absolute atomic E-state index is 9.76. The van der Waals surface area contributed by atoms with Crippen molar-refractivity contribution in [2.75, 3.05) is 0 Å². The van der Waals surface area contributed by atoms with E-state index in [1.54, 1.807) is 0 Å². The molecular formula is C18H13BrN4. The molecule has 0 amide bonds. The standard InChI is InChI=1S/C18H13BrN4/c1-2-7-23-17-6-5-15-18(14(17)10-21-23)13(9-20)12-4-3-11(19)8-16(12)22-15/h3-6,8,10H,2,7H2,1H3. The molecule has 5 heteroatoms. The van der Waals surface area contributed by atoms with Crippen molar-refractivity contribution >= 4 is 48.6 Å². The quantitative estimate of drug-likeness (QED) is 0.480. The van der Waals surface area contributed by atoms with Crippen molar-refractivity contribution in [3.63, 3.8) is 0 Å². The Kier molecular flexibility index (Phi) is 3.28. The predicted octanol–water partition coefficient (Wildman–Crippen LogP) is 4.78. The average molecular weight is 365 g/mol. The van der Waals surface area contributed by atoms with Crippen molar-refractivity contribution in [1.29, 1.82) is 5.26 Å². The van der Waals surface area contributed by atoms with E-state index in [-0.39, 0.29) is 0 Å². The molecule has 0 aliphatic carbocycles. The molecule has 0 atom stereocenters. The van der Waals surface area contributed by atoms with Crippen LogP contribution in [0.4, 0.5) is 0 Å². The predicted molar refractivity (Wildman–Crippen MR) is 95.2 cm³/mol. The molecule has 0 radical (unpaired) electrons. The second-order valence-corrected chi connectivity index (χ2v) is 6.44. The highest BCUT2D eigenvalue weighted by Crippen LogP contribution is 2.32. The molecule has 23 heavy (non-hydrogen) atoms. The Balaban J connectivity index is 2.19. The summed E-state index contributed by atoms with van der Waals surface area (Å²) in [6.07, 6.45) is 2.87. The molecule has 2 aromatic heterocycles. The third kappa shape index (κ3) is 2.10. The van der Waals surface area contributed by atoms with Crippen LogP contribution in [-0.4, -0.2) is 14.8 Å². The SMILES string of the molecule is CCCn1ncc2c3c(C#N)c4ccc(Br)cc4nc3ccc21. The topological polar surface area (TPSA) is 54.5 Å². The molecule has 4 rings (SSSR count). The smallest absolute Gasteiger partial charge is 0.101 e. The second kappa shape index (κ2) is 5.32. The molecule has 2 aromatic carbocycles. The van der Waals surface area contributed by atoms with Crippen molar-refractivity contribution in [2.24, 2.45) is 0 Å². The maximum Gasteiger partial charge on any atom is 0.101 e. The van der Waals surface area contributed by atoms with Gasteiger partial charge in [-0.3, -0.25) is 4.68 Å². The summed E-state index contributed by atoms with van der Waals surface area (Å²) in [6, 6.07) is 12.2. The Morgan fingerprint density at radius 2 is 2.04 bits per heavy atom. The number of nitrogens with zero attached hydrogens (tertiary/aromatic N) is 4. The Morgan fingerprint density at radius 3 is 2.83 bits per heavy atom. The van der Waals surface area contributed by atoms with Crippen molar-refractivity contribution in [3.8, 4) is 6.07 Å². The average Bonchev–Trinajstić information content (AvgIpc) is 2.96. The highest BCUT2D eigenvalue weighted by molar-refractivity contribution is 9.10. The first-order chi connectivity index (χ1) is 11.2. The lowest BCUT2D eigenvalue weighted by atomic mass is 10.0. The number of benzene rings is 2. The van der Waals surface area contributed by atoms with E-state index < -0.39 is 0 Å². The minimum absolute atomic E-state index is 0.666. The zero-order chi connectivity index (χ0) is 16.0. The minimum Gasteiger partial charge on any atom is -0.265 e. The van der Waals surface area contributed by atoms with Crippen molar-refractivity contribution in [3.05, 3.63) is 46.6 Å². The molecule has 4 aromatic rings. The molecule has 0 spiro atoms. The Labute approximate surface area is 141 Å². The molecule has 112 valence electrons. The molecule has 0 unspecified atom stereocenters. The van der Waals surface area contributed by atoms with Gasteiger partial charge >= 0.3 is 0 Å². The van der Waals surface area contributed by atoms with E-state index in [1.165, 1.54) is 0 Å². The van der Waals surface area contributed by atoms with Crippen LogP contribution in [0.1, 0.15) is 18.9 Å². The Bertz CT molecular complexity index is 1110. The van der Waals surface area contributed by atoms with E-state index in [2.05, 4.69) is 34.0 Å². The molecule has 0 aliphatic heterocycles. The van der Waals surface area contributed by atoms with Crippen molar-refractivity contribution in [2.45, 2.75) is 19.9 Å². The maximum atomic E-state index is 9.76. The van der Waals surface area contributed by atoms with Crippen LogP contribution in [0, 0.1) is 11.3 Å². The zero-order valence-electron chi connectivity index (χ0n) is 12.5. The molecule has 0 saturated heterocycles. The van der Waals surface area contributed by atoms with Crippen LogP contribution in [0.15, 0.2) is 41.0 Å². The van der Waals surface area contributed by atoms with Crippen LogP contribution in [0.3, 0.4) is 0 Å². The van der Waals surface area contributed by atoms with E-state index in [0.717, 1.165) is 50.1 Å². The first-order valence-corrected chi connectivity index (χ1v) is 8.30. The van der Waals surface area contributed by atoms with Gasteiger partial charge in [-0.05, 0) is 30.7 Å². The normalized spacial score (nSPS) is 11.3. The van der Waals surface area contributed by atoms with Gasteiger partial charge in [0.1, 0.15) is 6.07 Å². The van der Waals surface area contributed by atoms with Crippen LogP contribution < -0.4 is 0 Å². The molecule has 0 fully saturated rings. The lowest BCUT2D eigenvalue weighted by Crippen LogP contribution is -1.98.